The Kier molecular flexibility index (Phi) is 3.31. The van der Waals surface area contributed by atoms with Crippen LogP contribution >= 0.6 is 0 Å². The molecule has 2 aliphatic heterocycles. The molecule has 0 radical (unpaired) electrons. The summed E-state index contributed by atoms with van der Waals surface area (Å²) in [5.41, 5.74) is 8.12. The molecule has 3 heterocycles. The van der Waals surface area contributed by atoms with E-state index in [1.54, 1.807) is 32.4 Å². The van der Waals surface area contributed by atoms with Crippen molar-refractivity contribution in [3.8, 4) is 11.1 Å². The minimum Gasteiger partial charge on any atom is -0.398 e. The number of hydrogen-bond acceptors (Lipinski definition) is 5. The van der Waals surface area contributed by atoms with Crippen molar-refractivity contribution in [2.24, 2.45) is 11.8 Å². The second-order valence-corrected chi connectivity index (χ2v) is 7.86. The van der Waals surface area contributed by atoms with Crippen molar-refractivity contribution in [1.82, 2.24) is 9.88 Å². The Hall–Kier alpha value is -2.67. The van der Waals surface area contributed by atoms with Crippen molar-refractivity contribution in [3.63, 3.8) is 0 Å². The van der Waals surface area contributed by atoms with Crippen molar-refractivity contribution in [3.05, 3.63) is 41.3 Å². The molecule has 1 aromatic heterocycles. The smallest absolute Gasteiger partial charge is 0.258 e. The molecule has 2 unspecified atom stereocenters. The molecule has 2 aromatic rings. The van der Waals surface area contributed by atoms with Gasteiger partial charge in [-0.15, -0.1) is 0 Å². The number of rotatable bonds is 2. The molecule has 27 heavy (non-hydrogen) atoms. The Morgan fingerprint density at radius 2 is 2.11 bits per heavy atom. The lowest BCUT2D eigenvalue weighted by Crippen LogP contribution is -2.24. The van der Waals surface area contributed by atoms with E-state index in [0.717, 1.165) is 31.1 Å². The van der Waals surface area contributed by atoms with Crippen LogP contribution in [-0.2, 0) is 10.2 Å². The fourth-order valence-electron chi connectivity index (χ4n) is 4.81. The average molecular weight is 368 g/mol. The number of benzene rings is 1. The van der Waals surface area contributed by atoms with Gasteiger partial charge in [-0.25, -0.2) is 9.37 Å². The third-order valence-corrected chi connectivity index (χ3v) is 6.34. The highest BCUT2D eigenvalue weighted by Gasteiger charge is 2.70. The number of ether oxygens (including phenoxy) is 1. The van der Waals surface area contributed by atoms with E-state index in [1.807, 2.05) is 6.07 Å². The van der Waals surface area contributed by atoms with Crippen LogP contribution in [0.15, 0.2) is 24.4 Å². The average Bonchev–Trinajstić information content (AvgIpc) is 2.97. The predicted molar refractivity (Wildman–Crippen MR) is 100 cm³/mol. The zero-order valence-electron chi connectivity index (χ0n) is 15.3. The van der Waals surface area contributed by atoms with Gasteiger partial charge in [0.1, 0.15) is 11.6 Å². The van der Waals surface area contributed by atoms with E-state index < -0.39 is 11.7 Å². The third kappa shape index (κ3) is 2.09. The van der Waals surface area contributed by atoms with Crippen LogP contribution in [0.1, 0.15) is 15.9 Å². The monoisotopic (exact) mass is 368 g/mol. The van der Waals surface area contributed by atoms with Crippen LogP contribution < -0.4 is 11.1 Å². The number of aromatic nitrogens is 1. The molecule has 1 amide bonds. The van der Waals surface area contributed by atoms with Gasteiger partial charge in [0, 0.05) is 66.5 Å². The topological polar surface area (TPSA) is 80.5 Å². The van der Waals surface area contributed by atoms with Gasteiger partial charge in [-0.2, -0.15) is 0 Å². The quantitative estimate of drug-likeness (QED) is 0.794. The molecule has 1 saturated heterocycles. The van der Waals surface area contributed by atoms with Crippen LogP contribution in [0.4, 0.5) is 15.9 Å². The highest BCUT2D eigenvalue weighted by atomic mass is 19.1. The number of nitrogens with one attached hydrogen (secondary N) is 1. The van der Waals surface area contributed by atoms with Crippen molar-refractivity contribution >= 4 is 17.4 Å². The van der Waals surface area contributed by atoms with Crippen LogP contribution in [0.2, 0.25) is 0 Å². The molecule has 1 aromatic carbocycles. The SMILES string of the molecule is CN(C)C(=O)c1c(N)ccc(-c2cnc3c(c2)C2(CN3)C3COCC32)c1F. The number of anilines is 2. The normalized spacial score (nSPS) is 27.2. The van der Waals surface area contributed by atoms with E-state index in [0.29, 0.717) is 23.0 Å². The van der Waals surface area contributed by atoms with Crippen LogP contribution in [0.5, 0.6) is 0 Å². The van der Waals surface area contributed by atoms with Crippen LogP contribution in [-0.4, -0.2) is 49.6 Å². The summed E-state index contributed by atoms with van der Waals surface area (Å²) in [5.74, 6) is 0.826. The molecule has 1 saturated carbocycles. The van der Waals surface area contributed by atoms with E-state index in [1.165, 1.54) is 4.90 Å². The number of amides is 1. The van der Waals surface area contributed by atoms with E-state index in [-0.39, 0.29) is 16.7 Å². The van der Waals surface area contributed by atoms with E-state index in [4.69, 9.17) is 10.5 Å². The number of carbonyl (C=O) groups excluding carboxylic acids is 1. The summed E-state index contributed by atoms with van der Waals surface area (Å²) in [4.78, 5) is 18.2. The molecule has 3 N–H and O–H groups in total. The fourth-order valence-corrected chi connectivity index (χ4v) is 4.81. The molecule has 6 nitrogen and oxygen atoms in total. The molecule has 2 fully saturated rings. The Morgan fingerprint density at radius 3 is 2.81 bits per heavy atom. The summed E-state index contributed by atoms with van der Waals surface area (Å²) < 4.78 is 20.8. The third-order valence-electron chi connectivity index (χ3n) is 6.34. The van der Waals surface area contributed by atoms with Gasteiger partial charge < -0.3 is 20.7 Å². The molecule has 0 bridgehead atoms. The number of nitrogens with zero attached hydrogens (tertiary/aromatic N) is 2. The summed E-state index contributed by atoms with van der Waals surface area (Å²) in [6.07, 6.45) is 1.65. The Morgan fingerprint density at radius 1 is 1.37 bits per heavy atom. The Labute approximate surface area is 156 Å². The highest BCUT2D eigenvalue weighted by molar-refractivity contribution is 6.00. The summed E-state index contributed by atoms with van der Waals surface area (Å²) in [7, 11) is 3.16. The standard InChI is InChI=1S/C20H21FN4O2/c1-25(2)19(26)16-15(22)4-3-11(17(16)21)10-5-12-18(23-6-10)24-9-20(12)13-7-27-8-14(13)20/h3-6,13-14H,7-9,22H2,1-2H3,(H,23,24). The maximum Gasteiger partial charge on any atom is 0.258 e. The minimum absolute atomic E-state index is 0.0587. The van der Waals surface area contributed by atoms with Gasteiger partial charge >= 0.3 is 0 Å². The number of nitrogen functional groups attached to an aromatic ring is 1. The van der Waals surface area contributed by atoms with Gasteiger partial charge in [0.2, 0.25) is 0 Å². The van der Waals surface area contributed by atoms with Gasteiger partial charge in [0.05, 0.1) is 18.8 Å². The molecular weight excluding hydrogens is 347 g/mol. The number of hydrogen-bond donors (Lipinski definition) is 2. The van der Waals surface area contributed by atoms with Crippen molar-refractivity contribution in [1.29, 1.82) is 0 Å². The number of carbonyl (C=O) groups is 1. The van der Waals surface area contributed by atoms with Crippen molar-refractivity contribution < 1.29 is 13.9 Å². The van der Waals surface area contributed by atoms with Gasteiger partial charge in [-0.1, -0.05) is 0 Å². The van der Waals surface area contributed by atoms with E-state index in [9.17, 15) is 4.79 Å². The minimum atomic E-state index is -0.602. The highest BCUT2D eigenvalue weighted by Crippen LogP contribution is 2.66. The lowest BCUT2D eigenvalue weighted by atomic mass is 9.92. The molecule has 1 spiro atoms. The van der Waals surface area contributed by atoms with Crippen LogP contribution in [0.25, 0.3) is 11.1 Å². The molecular formula is C20H21FN4O2. The van der Waals surface area contributed by atoms with Crippen LogP contribution in [0, 0.1) is 17.7 Å². The largest absolute Gasteiger partial charge is 0.398 e. The Bertz CT molecular complexity index is 965. The lowest BCUT2D eigenvalue weighted by molar-refractivity contribution is 0.0824. The maximum absolute atomic E-state index is 15.2. The van der Waals surface area contributed by atoms with Crippen molar-refractivity contribution in [2.45, 2.75) is 5.41 Å². The molecule has 5 rings (SSSR count). The number of halogens is 1. The van der Waals surface area contributed by atoms with Gasteiger partial charge in [0.15, 0.2) is 0 Å². The lowest BCUT2D eigenvalue weighted by Gasteiger charge is -2.17. The maximum atomic E-state index is 15.2. The molecule has 1 aliphatic carbocycles. The number of nitrogens with two attached hydrogens (primary N) is 1. The summed E-state index contributed by atoms with van der Waals surface area (Å²) >= 11 is 0. The summed E-state index contributed by atoms with van der Waals surface area (Å²) in [5, 5.41) is 3.39. The first kappa shape index (κ1) is 16.5. The van der Waals surface area contributed by atoms with Gasteiger partial charge in [-0.05, 0) is 18.2 Å². The molecule has 140 valence electrons. The Balaban J connectivity index is 1.60. The van der Waals surface area contributed by atoms with Crippen LogP contribution in [0.3, 0.4) is 0 Å². The molecule has 3 aliphatic rings. The number of pyridine rings is 1. The second-order valence-electron chi connectivity index (χ2n) is 7.86. The second kappa shape index (κ2) is 5.42. The van der Waals surface area contributed by atoms with Gasteiger partial charge in [-0.3, -0.25) is 4.79 Å². The first-order valence-corrected chi connectivity index (χ1v) is 9.07. The summed E-state index contributed by atoms with van der Waals surface area (Å²) in [6.45, 7) is 2.40. The van der Waals surface area contributed by atoms with Gasteiger partial charge in [0.25, 0.3) is 5.91 Å². The predicted octanol–water partition coefficient (Wildman–Crippen LogP) is 2.11. The first-order chi connectivity index (χ1) is 12.9. The first-order valence-electron chi connectivity index (χ1n) is 9.07. The van der Waals surface area contributed by atoms with Crippen molar-refractivity contribution in [2.75, 3.05) is 44.9 Å². The molecule has 2 atom stereocenters. The fraction of sp³-hybridized carbons (Fsp3) is 0.400. The summed E-state index contributed by atoms with van der Waals surface area (Å²) in [6, 6.07) is 5.21. The number of fused-ring (bicyclic) bond motifs is 5. The molecule has 7 heteroatoms. The zero-order valence-corrected chi connectivity index (χ0v) is 15.3. The van der Waals surface area contributed by atoms with E-state index >= 15 is 4.39 Å². The van der Waals surface area contributed by atoms with E-state index in [2.05, 4.69) is 10.3 Å². The zero-order chi connectivity index (χ0) is 18.9.